The molecule has 5 heteroatoms. The molecule has 1 saturated carbocycles. The van der Waals surface area contributed by atoms with Crippen molar-refractivity contribution in [1.82, 2.24) is 14.7 Å². The number of thioether (sulfide) groups is 1. The molecular weight excluding hydrogens is 330 g/mol. The molecule has 1 N–H and O–H groups in total. The van der Waals surface area contributed by atoms with Crippen LogP contribution in [0, 0.1) is 5.92 Å². The molecule has 0 spiro atoms. The zero-order chi connectivity index (χ0) is 17.2. The summed E-state index contributed by atoms with van der Waals surface area (Å²) in [7, 11) is 0. The second-order valence-electron chi connectivity index (χ2n) is 7.30. The van der Waals surface area contributed by atoms with E-state index in [0.717, 1.165) is 51.1 Å². The van der Waals surface area contributed by atoms with Gasteiger partial charge in [0.15, 0.2) is 0 Å². The maximum atomic E-state index is 10.5. The van der Waals surface area contributed by atoms with E-state index < -0.39 is 0 Å². The summed E-state index contributed by atoms with van der Waals surface area (Å²) in [6.07, 6.45) is 6.40. The summed E-state index contributed by atoms with van der Waals surface area (Å²) >= 11 is 1.82. The number of hydrogen-bond acceptors (Lipinski definition) is 4. The van der Waals surface area contributed by atoms with Crippen LogP contribution in [0.25, 0.3) is 0 Å². The summed E-state index contributed by atoms with van der Waals surface area (Å²) in [6.45, 7) is 3.93. The lowest BCUT2D eigenvalue weighted by atomic mass is 9.80. The zero-order valence-electron chi connectivity index (χ0n) is 14.9. The van der Waals surface area contributed by atoms with Gasteiger partial charge in [-0.3, -0.25) is 9.58 Å². The van der Waals surface area contributed by atoms with Crippen LogP contribution in [0.15, 0.2) is 35.2 Å². The van der Waals surface area contributed by atoms with Crippen LogP contribution in [0.2, 0.25) is 0 Å². The fourth-order valence-corrected chi connectivity index (χ4v) is 4.51. The highest BCUT2D eigenvalue weighted by molar-refractivity contribution is 7.98. The van der Waals surface area contributed by atoms with Crippen LogP contribution < -0.4 is 0 Å². The summed E-state index contributed by atoms with van der Waals surface area (Å²) in [5, 5.41) is 15.3. The van der Waals surface area contributed by atoms with Crippen molar-refractivity contribution in [2.75, 3.05) is 12.8 Å². The van der Waals surface area contributed by atoms with Crippen molar-refractivity contribution >= 4 is 11.8 Å². The van der Waals surface area contributed by atoms with E-state index in [1.165, 1.54) is 22.6 Å². The fraction of sp³-hybridized carbons (Fsp3) is 0.550. The number of aliphatic hydroxyl groups is 1. The smallest absolute Gasteiger partial charge is 0.101 e. The number of fused-ring (bicyclic) bond motifs is 1. The Morgan fingerprint density at radius 1 is 1.24 bits per heavy atom. The van der Waals surface area contributed by atoms with Crippen LogP contribution in [0.5, 0.6) is 0 Å². The summed E-state index contributed by atoms with van der Waals surface area (Å²) in [5.41, 5.74) is 3.52. The molecule has 1 aromatic carbocycles. The first-order valence-corrected chi connectivity index (χ1v) is 10.6. The highest BCUT2D eigenvalue weighted by Crippen LogP contribution is 2.37. The SMILES string of the molecule is CSc1ccccc1CN1CCCn2nc(C(O)C3CCC3)cc2C1. The number of benzene rings is 1. The topological polar surface area (TPSA) is 41.3 Å². The maximum absolute atomic E-state index is 10.5. The Bertz CT molecular complexity index is 725. The molecule has 1 aliphatic heterocycles. The number of hydrogen-bond donors (Lipinski definition) is 1. The van der Waals surface area contributed by atoms with Gasteiger partial charge in [0.05, 0.1) is 11.4 Å². The van der Waals surface area contributed by atoms with Crippen molar-refractivity contribution in [3.05, 3.63) is 47.3 Å². The van der Waals surface area contributed by atoms with Crippen molar-refractivity contribution in [3.8, 4) is 0 Å². The van der Waals surface area contributed by atoms with Crippen LogP contribution >= 0.6 is 11.8 Å². The Labute approximate surface area is 154 Å². The molecule has 2 aromatic rings. The van der Waals surface area contributed by atoms with Gasteiger partial charge in [0.1, 0.15) is 6.10 Å². The second-order valence-corrected chi connectivity index (χ2v) is 8.14. The largest absolute Gasteiger partial charge is 0.386 e. The van der Waals surface area contributed by atoms with E-state index in [4.69, 9.17) is 5.10 Å². The molecule has 1 aromatic heterocycles. The molecular formula is C20H27N3OS. The minimum atomic E-state index is -0.376. The summed E-state index contributed by atoms with van der Waals surface area (Å²) < 4.78 is 2.12. The van der Waals surface area contributed by atoms with Crippen LogP contribution in [0.4, 0.5) is 0 Å². The fourth-order valence-electron chi connectivity index (χ4n) is 3.90. The van der Waals surface area contributed by atoms with Gasteiger partial charge >= 0.3 is 0 Å². The van der Waals surface area contributed by atoms with E-state index in [1.807, 2.05) is 11.8 Å². The van der Waals surface area contributed by atoms with Crippen molar-refractivity contribution in [2.45, 2.75) is 56.3 Å². The highest BCUT2D eigenvalue weighted by Gasteiger charge is 2.29. The maximum Gasteiger partial charge on any atom is 0.101 e. The molecule has 1 fully saturated rings. The molecule has 1 aliphatic carbocycles. The minimum absolute atomic E-state index is 0.376. The van der Waals surface area contributed by atoms with E-state index in [1.54, 1.807) is 0 Å². The predicted molar refractivity (Wildman–Crippen MR) is 101 cm³/mol. The van der Waals surface area contributed by atoms with Gasteiger partial charge in [-0.25, -0.2) is 0 Å². The zero-order valence-corrected chi connectivity index (χ0v) is 15.7. The van der Waals surface area contributed by atoms with Crippen LogP contribution in [0.3, 0.4) is 0 Å². The predicted octanol–water partition coefficient (Wildman–Crippen LogP) is 3.84. The van der Waals surface area contributed by atoms with E-state index in [0.29, 0.717) is 5.92 Å². The number of nitrogens with zero attached hydrogens (tertiary/aromatic N) is 3. The lowest BCUT2D eigenvalue weighted by molar-refractivity contribution is 0.0581. The van der Waals surface area contributed by atoms with E-state index >= 15 is 0 Å². The number of aromatic nitrogens is 2. The van der Waals surface area contributed by atoms with Crippen molar-refractivity contribution in [1.29, 1.82) is 0 Å². The molecule has 0 bridgehead atoms. The monoisotopic (exact) mass is 357 g/mol. The quantitative estimate of drug-likeness (QED) is 0.826. The van der Waals surface area contributed by atoms with Crippen LogP contribution in [0.1, 0.15) is 48.7 Å². The molecule has 4 nitrogen and oxygen atoms in total. The molecule has 0 saturated heterocycles. The lowest BCUT2D eigenvalue weighted by Crippen LogP contribution is -2.23. The third-order valence-electron chi connectivity index (χ3n) is 5.60. The van der Waals surface area contributed by atoms with Gasteiger partial charge in [-0.05, 0) is 49.1 Å². The molecule has 0 amide bonds. The molecule has 2 heterocycles. The lowest BCUT2D eigenvalue weighted by Gasteiger charge is -2.29. The molecule has 25 heavy (non-hydrogen) atoms. The van der Waals surface area contributed by atoms with Gasteiger partial charge in [0.25, 0.3) is 0 Å². The van der Waals surface area contributed by atoms with E-state index in [-0.39, 0.29) is 6.10 Å². The Kier molecular flexibility index (Phi) is 5.15. The Balaban J connectivity index is 1.49. The third kappa shape index (κ3) is 3.64. The first kappa shape index (κ1) is 17.1. The Hall–Kier alpha value is -1.30. The molecule has 4 rings (SSSR count). The average molecular weight is 358 g/mol. The van der Waals surface area contributed by atoms with Gasteiger partial charge in [-0.15, -0.1) is 11.8 Å². The van der Waals surface area contributed by atoms with Gasteiger partial charge in [0, 0.05) is 31.1 Å². The first-order valence-electron chi connectivity index (χ1n) is 9.33. The van der Waals surface area contributed by atoms with Crippen molar-refractivity contribution in [2.24, 2.45) is 5.92 Å². The minimum Gasteiger partial charge on any atom is -0.386 e. The highest BCUT2D eigenvalue weighted by atomic mass is 32.2. The third-order valence-corrected chi connectivity index (χ3v) is 6.44. The van der Waals surface area contributed by atoms with Crippen molar-refractivity contribution in [3.63, 3.8) is 0 Å². The van der Waals surface area contributed by atoms with E-state index in [2.05, 4.69) is 46.2 Å². The molecule has 0 radical (unpaired) electrons. The summed E-state index contributed by atoms with van der Waals surface area (Å²) in [5.74, 6) is 0.420. The Morgan fingerprint density at radius 2 is 2.08 bits per heavy atom. The van der Waals surface area contributed by atoms with Gasteiger partial charge < -0.3 is 5.11 Å². The van der Waals surface area contributed by atoms with E-state index in [9.17, 15) is 5.11 Å². The first-order chi connectivity index (χ1) is 12.2. The number of aryl methyl sites for hydroxylation is 1. The average Bonchev–Trinajstić information content (AvgIpc) is 2.87. The number of aliphatic hydroxyl groups excluding tert-OH is 1. The van der Waals surface area contributed by atoms with Crippen molar-refractivity contribution < 1.29 is 5.11 Å². The standard InChI is InChI=1S/C20H27N3OS/c1-25-19-9-3-2-6-16(19)13-22-10-5-11-23-17(14-22)12-18(21-23)20(24)15-7-4-8-15/h2-3,6,9,12,15,20,24H,4-5,7-8,10-11,13-14H2,1H3. The van der Waals surface area contributed by atoms with Crippen LogP contribution in [-0.2, 0) is 19.6 Å². The molecule has 2 aliphatic rings. The summed E-state index contributed by atoms with van der Waals surface area (Å²) in [4.78, 5) is 3.87. The Morgan fingerprint density at radius 3 is 2.84 bits per heavy atom. The normalized spacial score (nSPS) is 19.9. The summed E-state index contributed by atoms with van der Waals surface area (Å²) in [6, 6.07) is 10.8. The van der Waals surface area contributed by atoms with Gasteiger partial charge in [-0.2, -0.15) is 5.10 Å². The van der Waals surface area contributed by atoms with Gasteiger partial charge in [0.2, 0.25) is 0 Å². The molecule has 1 unspecified atom stereocenters. The molecule has 134 valence electrons. The molecule has 1 atom stereocenters. The number of rotatable bonds is 5. The van der Waals surface area contributed by atoms with Crippen LogP contribution in [-0.4, -0.2) is 32.6 Å². The second kappa shape index (κ2) is 7.52. The van der Waals surface area contributed by atoms with Gasteiger partial charge in [-0.1, -0.05) is 24.6 Å².